The van der Waals surface area contributed by atoms with Crippen molar-refractivity contribution >= 4 is 23.6 Å². The minimum absolute atomic E-state index is 0.413. The molecule has 1 rings (SSSR count). The first-order chi connectivity index (χ1) is 8.12. The second-order valence-corrected chi connectivity index (χ2v) is 3.50. The summed E-state index contributed by atoms with van der Waals surface area (Å²) in [5.41, 5.74) is 0.720. The van der Waals surface area contributed by atoms with E-state index >= 15 is 0 Å². The Hall–Kier alpha value is -1.68. The number of halogens is 1. The van der Waals surface area contributed by atoms with Gasteiger partial charge in [-0.1, -0.05) is 11.6 Å². The van der Waals surface area contributed by atoms with Gasteiger partial charge in [0.25, 0.3) is 0 Å². The van der Waals surface area contributed by atoms with Gasteiger partial charge in [0.15, 0.2) is 11.5 Å². The second-order valence-electron chi connectivity index (χ2n) is 3.09. The molecule has 0 aromatic heterocycles. The van der Waals surface area contributed by atoms with Crippen LogP contribution in [0.25, 0.3) is 6.08 Å². The van der Waals surface area contributed by atoms with Crippen molar-refractivity contribution in [2.45, 2.75) is 0 Å². The number of hydrogen-bond acceptors (Lipinski definition) is 4. The highest BCUT2D eigenvalue weighted by molar-refractivity contribution is 6.32. The molecule has 0 atom stereocenters. The van der Waals surface area contributed by atoms with Gasteiger partial charge in [0.1, 0.15) is 0 Å². The summed E-state index contributed by atoms with van der Waals surface area (Å²) in [6.45, 7) is 0. The molecule has 0 N–H and O–H groups in total. The van der Waals surface area contributed by atoms with Crippen LogP contribution in [0.3, 0.4) is 0 Å². The number of hydrogen-bond donors (Lipinski definition) is 0. The number of rotatable bonds is 4. The van der Waals surface area contributed by atoms with Crippen molar-refractivity contribution in [2.24, 2.45) is 0 Å². The Morgan fingerprint density at radius 1 is 1.24 bits per heavy atom. The number of benzene rings is 1. The van der Waals surface area contributed by atoms with Crippen LogP contribution in [0.4, 0.5) is 0 Å². The van der Waals surface area contributed by atoms with Crippen LogP contribution >= 0.6 is 11.6 Å². The van der Waals surface area contributed by atoms with E-state index in [1.807, 2.05) is 0 Å². The van der Waals surface area contributed by atoms with Crippen LogP contribution < -0.4 is 9.47 Å². The van der Waals surface area contributed by atoms with Crippen LogP contribution in [0.2, 0.25) is 5.02 Å². The largest absolute Gasteiger partial charge is 0.493 e. The summed E-state index contributed by atoms with van der Waals surface area (Å²) in [5.74, 6) is 0.532. The summed E-state index contributed by atoms with van der Waals surface area (Å²) in [6, 6.07) is 3.38. The number of ether oxygens (including phenoxy) is 3. The standard InChI is InChI=1S/C12H13ClO4/c1-15-10-7-8(4-5-11(14)16-2)6-9(13)12(10)17-3/h4-7H,1-3H3/b5-4+. The van der Waals surface area contributed by atoms with Gasteiger partial charge in [-0.3, -0.25) is 0 Å². The van der Waals surface area contributed by atoms with Gasteiger partial charge in [0.2, 0.25) is 0 Å². The van der Waals surface area contributed by atoms with E-state index in [0.29, 0.717) is 16.5 Å². The molecule has 0 bridgehead atoms. The third kappa shape index (κ3) is 3.39. The molecule has 5 heteroatoms. The Kier molecular flexibility index (Phi) is 4.84. The fourth-order valence-corrected chi connectivity index (χ4v) is 1.56. The highest BCUT2D eigenvalue weighted by atomic mass is 35.5. The molecule has 1 aromatic carbocycles. The second kappa shape index (κ2) is 6.15. The Morgan fingerprint density at radius 2 is 1.94 bits per heavy atom. The summed E-state index contributed by atoms with van der Waals surface area (Å²) >= 11 is 6.01. The van der Waals surface area contributed by atoms with E-state index in [1.54, 1.807) is 18.2 Å². The molecule has 0 unspecified atom stereocenters. The molecular weight excluding hydrogens is 244 g/mol. The molecule has 0 amide bonds. The van der Waals surface area contributed by atoms with Gasteiger partial charge in [-0.05, 0) is 23.8 Å². The van der Waals surface area contributed by atoms with Gasteiger partial charge in [0.05, 0.1) is 26.4 Å². The van der Waals surface area contributed by atoms with E-state index in [0.717, 1.165) is 5.56 Å². The SMILES string of the molecule is COC(=O)/C=C/c1cc(Cl)c(OC)c(OC)c1. The zero-order valence-corrected chi connectivity index (χ0v) is 10.6. The summed E-state index contributed by atoms with van der Waals surface area (Å²) in [7, 11) is 4.34. The van der Waals surface area contributed by atoms with Crippen LogP contribution in [0.1, 0.15) is 5.56 Å². The van der Waals surface area contributed by atoms with Crippen molar-refractivity contribution in [3.05, 3.63) is 28.8 Å². The number of esters is 1. The van der Waals surface area contributed by atoms with Gasteiger partial charge in [-0.25, -0.2) is 4.79 Å². The number of carbonyl (C=O) groups is 1. The third-order valence-corrected chi connectivity index (χ3v) is 2.35. The summed E-state index contributed by atoms with van der Waals surface area (Å²) in [5, 5.41) is 0.413. The molecule has 0 aliphatic rings. The molecule has 0 saturated heterocycles. The summed E-state index contributed by atoms with van der Waals surface area (Å²) in [6.07, 6.45) is 2.89. The average molecular weight is 257 g/mol. The number of methoxy groups -OCH3 is 3. The van der Waals surface area contributed by atoms with Crippen molar-refractivity contribution in [3.63, 3.8) is 0 Å². The van der Waals surface area contributed by atoms with Crippen molar-refractivity contribution in [1.29, 1.82) is 0 Å². The predicted octanol–water partition coefficient (Wildman–Crippen LogP) is 2.54. The van der Waals surface area contributed by atoms with Crippen LogP contribution in [-0.4, -0.2) is 27.3 Å². The molecule has 0 fully saturated rings. The Morgan fingerprint density at radius 3 is 2.47 bits per heavy atom. The third-order valence-electron chi connectivity index (χ3n) is 2.07. The Balaban J connectivity index is 3.07. The Labute approximate surface area is 105 Å². The molecule has 0 spiro atoms. The first-order valence-electron chi connectivity index (χ1n) is 4.80. The van der Waals surface area contributed by atoms with E-state index in [-0.39, 0.29) is 0 Å². The topological polar surface area (TPSA) is 44.8 Å². The van der Waals surface area contributed by atoms with Crippen molar-refractivity contribution in [1.82, 2.24) is 0 Å². The minimum atomic E-state index is -0.434. The summed E-state index contributed by atoms with van der Waals surface area (Å²) in [4.78, 5) is 10.9. The molecular formula is C12H13ClO4. The molecule has 0 aliphatic carbocycles. The normalized spacial score (nSPS) is 10.4. The lowest BCUT2D eigenvalue weighted by Crippen LogP contribution is -1.94. The molecule has 0 aliphatic heterocycles. The van der Waals surface area contributed by atoms with E-state index in [2.05, 4.69) is 4.74 Å². The fraction of sp³-hybridized carbons (Fsp3) is 0.250. The zero-order chi connectivity index (χ0) is 12.8. The van der Waals surface area contributed by atoms with Crippen molar-refractivity contribution < 1.29 is 19.0 Å². The molecule has 92 valence electrons. The number of carbonyl (C=O) groups excluding carboxylic acids is 1. The molecule has 0 radical (unpaired) electrons. The molecule has 4 nitrogen and oxygen atoms in total. The van der Waals surface area contributed by atoms with Gasteiger partial charge in [-0.15, -0.1) is 0 Å². The highest BCUT2D eigenvalue weighted by Crippen LogP contribution is 2.36. The lowest BCUT2D eigenvalue weighted by atomic mass is 10.2. The van der Waals surface area contributed by atoms with Crippen molar-refractivity contribution in [3.8, 4) is 11.5 Å². The zero-order valence-electron chi connectivity index (χ0n) is 9.82. The van der Waals surface area contributed by atoms with Gasteiger partial charge < -0.3 is 14.2 Å². The van der Waals surface area contributed by atoms with Crippen molar-refractivity contribution in [2.75, 3.05) is 21.3 Å². The maximum absolute atomic E-state index is 10.9. The van der Waals surface area contributed by atoms with Crippen LogP contribution in [0.5, 0.6) is 11.5 Å². The highest BCUT2D eigenvalue weighted by Gasteiger charge is 2.09. The summed E-state index contributed by atoms with van der Waals surface area (Å²) < 4.78 is 14.7. The minimum Gasteiger partial charge on any atom is -0.493 e. The van der Waals surface area contributed by atoms with E-state index < -0.39 is 5.97 Å². The monoisotopic (exact) mass is 256 g/mol. The smallest absolute Gasteiger partial charge is 0.330 e. The predicted molar refractivity (Wildman–Crippen MR) is 65.6 cm³/mol. The van der Waals surface area contributed by atoms with Gasteiger partial charge >= 0.3 is 5.97 Å². The van der Waals surface area contributed by atoms with Gasteiger partial charge in [0, 0.05) is 6.08 Å². The van der Waals surface area contributed by atoms with Crippen LogP contribution in [0, 0.1) is 0 Å². The first kappa shape index (κ1) is 13.4. The van der Waals surface area contributed by atoms with Crippen LogP contribution in [0.15, 0.2) is 18.2 Å². The maximum atomic E-state index is 10.9. The fourth-order valence-electron chi connectivity index (χ4n) is 1.27. The molecule has 0 saturated carbocycles. The maximum Gasteiger partial charge on any atom is 0.330 e. The van der Waals surface area contributed by atoms with E-state index in [1.165, 1.54) is 27.4 Å². The molecule has 17 heavy (non-hydrogen) atoms. The quantitative estimate of drug-likeness (QED) is 0.613. The lowest BCUT2D eigenvalue weighted by molar-refractivity contribution is -0.134. The lowest BCUT2D eigenvalue weighted by Gasteiger charge is -2.10. The van der Waals surface area contributed by atoms with Crippen LogP contribution in [-0.2, 0) is 9.53 Å². The Bertz CT molecular complexity index is 440. The molecule has 1 aromatic rings. The molecule has 0 heterocycles. The average Bonchev–Trinajstić information content (AvgIpc) is 2.34. The van der Waals surface area contributed by atoms with Gasteiger partial charge in [-0.2, -0.15) is 0 Å². The van der Waals surface area contributed by atoms with E-state index in [4.69, 9.17) is 21.1 Å². The first-order valence-corrected chi connectivity index (χ1v) is 5.17. The van der Waals surface area contributed by atoms with E-state index in [9.17, 15) is 4.79 Å².